The highest BCUT2D eigenvalue weighted by molar-refractivity contribution is 7.89. The van der Waals surface area contributed by atoms with Gasteiger partial charge in [0.1, 0.15) is 0 Å². The second-order valence-corrected chi connectivity index (χ2v) is 8.11. The number of sulfonamides is 1. The summed E-state index contributed by atoms with van der Waals surface area (Å²) < 4.78 is 27.3. The summed E-state index contributed by atoms with van der Waals surface area (Å²) >= 11 is 0. The van der Waals surface area contributed by atoms with Crippen molar-refractivity contribution in [1.29, 1.82) is 0 Å². The molecule has 1 atom stereocenters. The summed E-state index contributed by atoms with van der Waals surface area (Å²) in [4.78, 5) is 0.447. The number of aryl methyl sites for hydroxylation is 1. The molecule has 0 aliphatic carbocycles. The molecule has 1 fully saturated rings. The van der Waals surface area contributed by atoms with E-state index in [9.17, 15) is 8.42 Å². The Morgan fingerprint density at radius 1 is 1.33 bits per heavy atom. The van der Waals surface area contributed by atoms with Gasteiger partial charge in [-0.05, 0) is 43.9 Å². The fourth-order valence-electron chi connectivity index (χ4n) is 2.80. The van der Waals surface area contributed by atoms with E-state index in [0.29, 0.717) is 29.9 Å². The van der Waals surface area contributed by atoms with Crippen LogP contribution >= 0.6 is 0 Å². The van der Waals surface area contributed by atoms with Crippen LogP contribution in [0.4, 0.5) is 0 Å². The van der Waals surface area contributed by atoms with Crippen LogP contribution in [0.15, 0.2) is 29.2 Å². The van der Waals surface area contributed by atoms with Gasteiger partial charge in [0.2, 0.25) is 10.0 Å². The second-order valence-electron chi connectivity index (χ2n) is 6.20. The van der Waals surface area contributed by atoms with Crippen molar-refractivity contribution in [1.82, 2.24) is 9.62 Å². The molecular formula is C16H26N2O2S. The van der Waals surface area contributed by atoms with E-state index in [0.717, 1.165) is 24.9 Å². The number of benzene rings is 1. The van der Waals surface area contributed by atoms with Crippen LogP contribution in [-0.2, 0) is 10.0 Å². The SMILES string of the molecule is Cc1ccccc1S(=O)(=O)N1CCCC(CNC(C)C)C1. The number of piperidine rings is 1. The zero-order chi connectivity index (χ0) is 15.5. The summed E-state index contributed by atoms with van der Waals surface area (Å²) in [5, 5.41) is 3.42. The van der Waals surface area contributed by atoms with Crippen LogP contribution < -0.4 is 5.32 Å². The van der Waals surface area contributed by atoms with Crippen LogP contribution in [-0.4, -0.2) is 38.4 Å². The molecule has 0 amide bonds. The van der Waals surface area contributed by atoms with Gasteiger partial charge in [0.25, 0.3) is 0 Å². The smallest absolute Gasteiger partial charge is 0.243 e. The number of hydrogen-bond acceptors (Lipinski definition) is 3. The molecule has 1 aromatic rings. The van der Waals surface area contributed by atoms with E-state index < -0.39 is 10.0 Å². The third kappa shape index (κ3) is 4.05. The normalized spacial score (nSPS) is 20.9. The second kappa shape index (κ2) is 6.90. The van der Waals surface area contributed by atoms with Crippen molar-refractivity contribution in [2.45, 2.75) is 44.6 Å². The fraction of sp³-hybridized carbons (Fsp3) is 0.625. The monoisotopic (exact) mass is 310 g/mol. The molecule has 1 aliphatic rings. The molecule has 2 rings (SSSR count). The van der Waals surface area contributed by atoms with E-state index in [-0.39, 0.29) is 0 Å². The van der Waals surface area contributed by atoms with Gasteiger partial charge in [-0.1, -0.05) is 32.0 Å². The molecule has 1 aromatic carbocycles. The first-order valence-corrected chi connectivity index (χ1v) is 9.14. The topological polar surface area (TPSA) is 49.4 Å². The number of nitrogens with zero attached hydrogens (tertiary/aromatic N) is 1. The number of hydrogen-bond donors (Lipinski definition) is 1. The van der Waals surface area contributed by atoms with E-state index in [1.165, 1.54) is 0 Å². The lowest BCUT2D eigenvalue weighted by Gasteiger charge is -2.32. The Morgan fingerprint density at radius 2 is 2.05 bits per heavy atom. The Hall–Kier alpha value is -0.910. The average Bonchev–Trinajstić information content (AvgIpc) is 2.45. The van der Waals surface area contributed by atoms with Gasteiger partial charge in [0.05, 0.1) is 4.90 Å². The van der Waals surface area contributed by atoms with E-state index in [1.807, 2.05) is 19.1 Å². The molecule has 0 saturated carbocycles. The highest BCUT2D eigenvalue weighted by Gasteiger charge is 2.30. The molecule has 0 bridgehead atoms. The van der Waals surface area contributed by atoms with Gasteiger partial charge in [-0.15, -0.1) is 0 Å². The molecule has 0 radical (unpaired) electrons. The maximum absolute atomic E-state index is 12.8. The zero-order valence-corrected chi connectivity index (χ0v) is 14.0. The third-order valence-electron chi connectivity index (χ3n) is 4.01. The number of rotatable bonds is 5. The third-order valence-corrected chi connectivity index (χ3v) is 6.03. The van der Waals surface area contributed by atoms with Gasteiger partial charge < -0.3 is 5.32 Å². The Balaban J connectivity index is 2.11. The lowest BCUT2D eigenvalue weighted by atomic mass is 9.99. The van der Waals surface area contributed by atoms with Gasteiger partial charge >= 0.3 is 0 Å². The highest BCUT2D eigenvalue weighted by atomic mass is 32.2. The first-order valence-electron chi connectivity index (χ1n) is 7.70. The zero-order valence-electron chi connectivity index (χ0n) is 13.2. The molecular weight excluding hydrogens is 284 g/mol. The average molecular weight is 310 g/mol. The summed E-state index contributed by atoms with van der Waals surface area (Å²) in [5.74, 6) is 0.403. The fourth-order valence-corrected chi connectivity index (χ4v) is 4.58. The quantitative estimate of drug-likeness (QED) is 0.908. The highest BCUT2D eigenvalue weighted by Crippen LogP contribution is 2.25. The minimum atomic E-state index is -3.36. The minimum Gasteiger partial charge on any atom is -0.314 e. The van der Waals surface area contributed by atoms with Crippen LogP contribution in [0.3, 0.4) is 0 Å². The van der Waals surface area contributed by atoms with Crippen molar-refractivity contribution in [3.8, 4) is 0 Å². The van der Waals surface area contributed by atoms with Crippen LogP contribution in [0.5, 0.6) is 0 Å². The summed E-state index contributed by atoms with van der Waals surface area (Å²) in [6.07, 6.45) is 2.04. The Labute approximate surface area is 128 Å². The van der Waals surface area contributed by atoms with Crippen LogP contribution in [0.2, 0.25) is 0 Å². The standard InChI is InChI=1S/C16H26N2O2S/c1-13(2)17-11-15-8-6-10-18(12-15)21(19,20)16-9-5-4-7-14(16)3/h4-5,7,9,13,15,17H,6,8,10-12H2,1-3H3. The molecule has 1 aliphatic heterocycles. The van der Waals surface area contributed by atoms with Gasteiger partial charge in [-0.3, -0.25) is 0 Å². The van der Waals surface area contributed by atoms with Gasteiger partial charge in [0.15, 0.2) is 0 Å². The Bertz CT molecular complexity index is 569. The molecule has 1 N–H and O–H groups in total. The van der Waals surface area contributed by atoms with Gasteiger partial charge in [-0.25, -0.2) is 8.42 Å². The summed E-state index contributed by atoms with van der Waals surface area (Å²) in [6, 6.07) is 7.67. The predicted molar refractivity (Wildman–Crippen MR) is 85.8 cm³/mol. The van der Waals surface area contributed by atoms with Crippen molar-refractivity contribution in [3.05, 3.63) is 29.8 Å². The molecule has 1 saturated heterocycles. The van der Waals surface area contributed by atoms with E-state index >= 15 is 0 Å². The lowest BCUT2D eigenvalue weighted by Crippen LogP contribution is -2.43. The Morgan fingerprint density at radius 3 is 2.71 bits per heavy atom. The number of nitrogens with one attached hydrogen (secondary N) is 1. The first kappa shape index (κ1) is 16.5. The van der Waals surface area contributed by atoms with Crippen LogP contribution in [0.25, 0.3) is 0 Å². The van der Waals surface area contributed by atoms with Crippen LogP contribution in [0, 0.1) is 12.8 Å². The molecule has 1 unspecified atom stereocenters. The largest absolute Gasteiger partial charge is 0.314 e. The molecule has 21 heavy (non-hydrogen) atoms. The van der Waals surface area contributed by atoms with Crippen molar-refractivity contribution in [3.63, 3.8) is 0 Å². The molecule has 0 aromatic heterocycles. The minimum absolute atomic E-state index is 0.403. The van der Waals surface area contributed by atoms with Crippen molar-refractivity contribution >= 4 is 10.0 Å². The molecule has 1 heterocycles. The summed E-state index contributed by atoms with van der Waals surface area (Å²) in [7, 11) is -3.36. The predicted octanol–water partition coefficient (Wildman–Crippen LogP) is 2.39. The van der Waals surface area contributed by atoms with Crippen molar-refractivity contribution < 1.29 is 8.42 Å². The summed E-state index contributed by atoms with van der Waals surface area (Å²) in [6.45, 7) is 8.23. The van der Waals surface area contributed by atoms with Gasteiger partial charge in [0, 0.05) is 19.1 Å². The van der Waals surface area contributed by atoms with E-state index in [1.54, 1.807) is 16.4 Å². The van der Waals surface area contributed by atoms with Crippen molar-refractivity contribution in [2.75, 3.05) is 19.6 Å². The maximum atomic E-state index is 12.8. The first-order chi connectivity index (χ1) is 9.91. The van der Waals surface area contributed by atoms with Gasteiger partial charge in [-0.2, -0.15) is 4.31 Å². The van der Waals surface area contributed by atoms with E-state index in [2.05, 4.69) is 19.2 Å². The van der Waals surface area contributed by atoms with E-state index in [4.69, 9.17) is 0 Å². The summed E-state index contributed by atoms with van der Waals surface area (Å²) in [5.41, 5.74) is 0.819. The van der Waals surface area contributed by atoms with Crippen LogP contribution in [0.1, 0.15) is 32.3 Å². The maximum Gasteiger partial charge on any atom is 0.243 e. The molecule has 118 valence electrons. The molecule has 0 spiro atoms. The lowest BCUT2D eigenvalue weighted by molar-refractivity contribution is 0.256. The van der Waals surface area contributed by atoms with Crippen molar-refractivity contribution in [2.24, 2.45) is 5.92 Å². The molecule has 5 heteroatoms. The Kier molecular flexibility index (Phi) is 5.41. The molecule has 4 nitrogen and oxygen atoms in total.